The van der Waals surface area contributed by atoms with Crippen molar-refractivity contribution in [3.8, 4) is 0 Å². The van der Waals surface area contributed by atoms with E-state index < -0.39 is 18.0 Å². The van der Waals surface area contributed by atoms with Crippen LogP contribution in [0.1, 0.15) is 30.0 Å². The van der Waals surface area contributed by atoms with Crippen molar-refractivity contribution in [2.24, 2.45) is 0 Å². The Labute approximate surface area is 250 Å². The first-order valence-electron chi connectivity index (χ1n) is 13.6. The van der Waals surface area contributed by atoms with Gasteiger partial charge in [-0.25, -0.2) is 23.7 Å². The third kappa shape index (κ3) is 9.51. The number of aliphatic hydroxyl groups excluding tert-OH is 1. The summed E-state index contributed by atoms with van der Waals surface area (Å²) in [6, 6.07) is 12.9. The number of halogens is 2. The molecule has 11 nitrogen and oxygen atoms in total. The number of fused-ring (bicyclic) bond motifs is 1. The summed E-state index contributed by atoms with van der Waals surface area (Å²) in [6.45, 7) is 3.70. The molecule has 1 aliphatic rings. The molecule has 1 atom stereocenters. The molecule has 0 spiro atoms. The number of carbonyl (C=O) groups is 2. The monoisotopic (exact) mass is 614 g/mol. The highest BCUT2D eigenvalue weighted by atomic mass is 32.2. The van der Waals surface area contributed by atoms with Crippen molar-refractivity contribution in [1.82, 2.24) is 29.7 Å². The van der Waals surface area contributed by atoms with E-state index in [-0.39, 0.29) is 30.5 Å². The summed E-state index contributed by atoms with van der Waals surface area (Å²) in [6.07, 6.45) is 1.97. The molecule has 0 aliphatic carbocycles. The van der Waals surface area contributed by atoms with Crippen molar-refractivity contribution >= 4 is 34.9 Å². The lowest BCUT2D eigenvalue weighted by Gasteiger charge is -2.40. The Kier molecular flexibility index (Phi) is 11.5. The zero-order valence-corrected chi connectivity index (χ0v) is 24.0. The lowest BCUT2D eigenvalue weighted by molar-refractivity contribution is -0.143. The van der Waals surface area contributed by atoms with Gasteiger partial charge in [0.05, 0.1) is 31.3 Å². The lowest BCUT2D eigenvalue weighted by Crippen LogP contribution is -2.50. The second kappa shape index (κ2) is 15.5. The molecular weight excluding hydrogens is 582 g/mol. The Morgan fingerprint density at radius 2 is 1.42 bits per heavy atom. The van der Waals surface area contributed by atoms with Gasteiger partial charge in [-0.15, -0.1) is 11.8 Å². The van der Waals surface area contributed by atoms with E-state index in [1.54, 1.807) is 30.6 Å². The van der Waals surface area contributed by atoms with Gasteiger partial charge in [0.15, 0.2) is 5.65 Å². The maximum Gasteiger partial charge on any atom is 0.303 e. The summed E-state index contributed by atoms with van der Waals surface area (Å²) in [4.78, 5) is 39.5. The first kappa shape index (κ1) is 31.9. The van der Waals surface area contributed by atoms with Crippen LogP contribution in [-0.4, -0.2) is 102 Å². The number of β-amino-alcohol motifs (C(OH)–C–C–N with tert-alkyl or cyclic N) is 1. The van der Waals surface area contributed by atoms with Crippen LogP contribution in [0.2, 0.25) is 0 Å². The fourth-order valence-electron chi connectivity index (χ4n) is 4.70. The Hall–Kier alpha value is -3.98. The van der Waals surface area contributed by atoms with E-state index in [4.69, 9.17) is 10.2 Å². The molecule has 43 heavy (non-hydrogen) atoms. The predicted octanol–water partition coefficient (Wildman–Crippen LogP) is 3.43. The molecule has 2 aromatic heterocycles. The van der Waals surface area contributed by atoms with Gasteiger partial charge in [0, 0.05) is 38.5 Å². The number of hydrogen-bond donors (Lipinski definition) is 4. The van der Waals surface area contributed by atoms with E-state index >= 15 is 0 Å². The minimum Gasteiger partial charge on any atom is -0.481 e. The van der Waals surface area contributed by atoms with Gasteiger partial charge in [0.1, 0.15) is 28.5 Å². The number of aliphatic hydroxyl groups is 1. The van der Waals surface area contributed by atoms with Gasteiger partial charge in [-0.05, 0) is 35.4 Å². The standard InChI is InChI=1S/C25H26F2N6OS.C4H6O4/c26-19-5-1-17(2-6-19)23(18-3-7-20(27)8-4-18)33-11-9-32(10-12-33)13-21(34)14-35-25-22-24(29-15-28-22)30-16-31-25;5-3(6)1-2-4(7)8/h1-8,15-16,21,23,34H,9-14H2,(H,28,29,30,31);1-2H2,(H,5,6)(H,7,8)/t21-;/m0./s1. The summed E-state index contributed by atoms with van der Waals surface area (Å²) in [5, 5.41) is 27.2. The number of thioether (sulfide) groups is 1. The third-order valence-electron chi connectivity index (χ3n) is 6.77. The van der Waals surface area contributed by atoms with E-state index in [2.05, 4.69) is 29.7 Å². The number of aliphatic carboxylic acids is 2. The number of piperazine rings is 1. The van der Waals surface area contributed by atoms with E-state index in [0.29, 0.717) is 17.9 Å². The fraction of sp³-hybridized carbons (Fsp3) is 0.345. The highest BCUT2D eigenvalue weighted by molar-refractivity contribution is 7.99. The van der Waals surface area contributed by atoms with Gasteiger partial charge in [-0.1, -0.05) is 24.3 Å². The second-order valence-electron chi connectivity index (χ2n) is 9.87. The van der Waals surface area contributed by atoms with Crippen molar-refractivity contribution in [3.63, 3.8) is 0 Å². The molecule has 0 amide bonds. The van der Waals surface area contributed by atoms with Crippen molar-refractivity contribution in [2.75, 3.05) is 38.5 Å². The van der Waals surface area contributed by atoms with E-state index in [1.807, 2.05) is 0 Å². The van der Waals surface area contributed by atoms with Crippen LogP contribution in [0.15, 0.2) is 66.2 Å². The summed E-state index contributed by atoms with van der Waals surface area (Å²) < 4.78 is 27.1. The number of aromatic amines is 1. The van der Waals surface area contributed by atoms with Gasteiger partial charge in [-0.3, -0.25) is 19.4 Å². The number of aromatic nitrogens is 4. The van der Waals surface area contributed by atoms with E-state index in [1.165, 1.54) is 42.4 Å². The molecule has 0 saturated carbocycles. The molecule has 0 unspecified atom stereocenters. The molecule has 228 valence electrons. The van der Waals surface area contributed by atoms with Crippen LogP contribution in [0, 0.1) is 11.6 Å². The van der Waals surface area contributed by atoms with Crippen LogP contribution in [-0.2, 0) is 9.59 Å². The molecule has 1 fully saturated rings. The molecule has 1 saturated heterocycles. The molecule has 1 aliphatic heterocycles. The van der Waals surface area contributed by atoms with Gasteiger partial charge in [-0.2, -0.15) is 0 Å². The fourth-order valence-corrected chi connectivity index (χ4v) is 5.57. The van der Waals surface area contributed by atoms with Gasteiger partial charge >= 0.3 is 11.9 Å². The van der Waals surface area contributed by atoms with Crippen LogP contribution in [0.4, 0.5) is 8.78 Å². The first-order chi connectivity index (χ1) is 20.7. The lowest BCUT2D eigenvalue weighted by atomic mass is 9.96. The van der Waals surface area contributed by atoms with Crippen molar-refractivity contribution in [2.45, 2.75) is 30.0 Å². The van der Waals surface area contributed by atoms with Crippen LogP contribution in [0.25, 0.3) is 11.2 Å². The normalized spacial score (nSPS) is 14.8. The van der Waals surface area contributed by atoms with E-state index in [9.17, 15) is 23.5 Å². The number of nitrogens with zero attached hydrogens (tertiary/aromatic N) is 5. The summed E-state index contributed by atoms with van der Waals surface area (Å²) >= 11 is 1.48. The second-order valence-corrected chi connectivity index (χ2v) is 10.9. The third-order valence-corrected chi connectivity index (χ3v) is 7.90. The summed E-state index contributed by atoms with van der Waals surface area (Å²) in [5.74, 6) is -2.20. The van der Waals surface area contributed by atoms with Crippen LogP contribution in [0.3, 0.4) is 0 Å². The number of rotatable bonds is 11. The maximum atomic E-state index is 13.5. The Bertz CT molecular complexity index is 1420. The summed E-state index contributed by atoms with van der Waals surface area (Å²) in [5.41, 5.74) is 3.34. The van der Waals surface area contributed by atoms with Crippen molar-refractivity contribution < 1.29 is 33.7 Å². The zero-order valence-electron chi connectivity index (χ0n) is 23.1. The highest BCUT2D eigenvalue weighted by Gasteiger charge is 2.27. The SMILES string of the molecule is O=C(O)CCC(=O)O.O[C@H](CSc1ncnc2nc[nH]c12)CN1CCN(C(c2ccc(F)cc2)c2ccc(F)cc2)CC1. The number of nitrogens with one attached hydrogen (secondary N) is 1. The van der Waals surface area contributed by atoms with Crippen molar-refractivity contribution in [1.29, 1.82) is 0 Å². The average molecular weight is 615 g/mol. The molecule has 5 rings (SSSR count). The molecule has 0 bridgehead atoms. The number of carboxylic acids is 2. The maximum absolute atomic E-state index is 13.5. The van der Waals surface area contributed by atoms with Gasteiger partial charge in [0.25, 0.3) is 0 Å². The molecule has 0 radical (unpaired) electrons. The number of H-pyrrole nitrogens is 1. The summed E-state index contributed by atoms with van der Waals surface area (Å²) in [7, 11) is 0. The highest BCUT2D eigenvalue weighted by Crippen LogP contribution is 2.30. The smallest absolute Gasteiger partial charge is 0.303 e. The minimum atomic E-state index is -1.08. The molecule has 4 N–H and O–H groups in total. The number of imidazole rings is 1. The van der Waals surface area contributed by atoms with Gasteiger partial charge < -0.3 is 20.3 Å². The Balaban J connectivity index is 0.000000467. The van der Waals surface area contributed by atoms with E-state index in [0.717, 1.165) is 47.8 Å². The van der Waals surface area contributed by atoms with Crippen LogP contribution >= 0.6 is 11.8 Å². The minimum absolute atomic E-state index is 0.0894. The zero-order chi connectivity index (χ0) is 30.8. The molecule has 3 heterocycles. The molecule has 2 aromatic carbocycles. The topological polar surface area (TPSA) is 156 Å². The number of carboxylic acid groups (broad SMARTS) is 2. The molecular formula is C29H32F2N6O5S. The number of benzene rings is 2. The van der Waals surface area contributed by atoms with Crippen LogP contribution in [0.5, 0.6) is 0 Å². The first-order valence-corrected chi connectivity index (χ1v) is 14.5. The largest absolute Gasteiger partial charge is 0.481 e. The van der Waals surface area contributed by atoms with Gasteiger partial charge in [0.2, 0.25) is 0 Å². The molecule has 4 aromatic rings. The Morgan fingerprint density at radius 1 is 0.860 bits per heavy atom. The molecule has 14 heteroatoms. The quantitative estimate of drug-likeness (QED) is 0.145. The Morgan fingerprint density at radius 3 is 1.95 bits per heavy atom. The average Bonchev–Trinajstić information content (AvgIpc) is 3.48. The van der Waals surface area contributed by atoms with Crippen LogP contribution < -0.4 is 0 Å². The predicted molar refractivity (Wildman–Crippen MR) is 156 cm³/mol. The number of hydrogen-bond acceptors (Lipinski definition) is 9. The van der Waals surface area contributed by atoms with Crippen molar-refractivity contribution in [3.05, 3.63) is 83.9 Å².